The lowest BCUT2D eigenvalue weighted by Gasteiger charge is -2.21. The van der Waals surface area contributed by atoms with Gasteiger partial charge in [0.25, 0.3) is 0 Å². The Hall–Kier alpha value is -2.93. The molecular weight excluding hydrogens is 328 g/mol. The molecule has 2 heterocycles. The third-order valence-corrected chi connectivity index (χ3v) is 4.15. The maximum absolute atomic E-state index is 6.06. The van der Waals surface area contributed by atoms with Gasteiger partial charge in [-0.3, -0.25) is 4.99 Å². The summed E-state index contributed by atoms with van der Waals surface area (Å²) < 4.78 is 0. The topological polar surface area (TPSA) is 111 Å². The highest BCUT2D eigenvalue weighted by molar-refractivity contribution is 5.97. The van der Waals surface area contributed by atoms with Crippen LogP contribution in [0.3, 0.4) is 0 Å². The summed E-state index contributed by atoms with van der Waals surface area (Å²) in [5, 5.41) is 7.33. The number of rotatable bonds is 7. The number of dihydropyridines is 1. The van der Waals surface area contributed by atoms with E-state index in [-0.39, 0.29) is 6.04 Å². The monoisotopic (exact) mass is 352 g/mol. The highest BCUT2D eigenvalue weighted by Crippen LogP contribution is 2.24. The molecule has 0 saturated carbocycles. The molecule has 136 valence electrons. The van der Waals surface area contributed by atoms with Gasteiger partial charge in [0, 0.05) is 19.3 Å². The van der Waals surface area contributed by atoms with Crippen LogP contribution in [0.1, 0.15) is 19.0 Å². The molecule has 1 unspecified atom stereocenters. The van der Waals surface area contributed by atoms with E-state index in [0.29, 0.717) is 42.6 Å². The Kier molecular flexibility index (Phi) is 5.80. The van der Waals surface area contributed by atoms with Crippen LogP contribution < -0.4 is 16.8 Å². The van der Waals surface area contributed by atoms with Crippen molar-refractivity contribution in [3.63, 3.8) is 0 Å². The lowest BCUT2D eigenvalue weighted by molar-refractivity contribution is 0.152. The SMILES string of the molecule is C/C(=N\OCCN)c1ccc(N)c(NCC2=CCC3N=CC=CC3=C2)n1. The summed E-state index contributed by atoms with van der Waals surface area (Å²) in [6.45, 7) is 3.28. The zero-order valence-electron chi connectivity index (χ0n) is 14.9. The second-order valence-electron chi connectivity index (χ2n) is 6.12. The summed E-state index contributed by atoms with van der Waals surface area (Å²) in [6.07, 6.45) is 11.2. The number of nitrogens with zero attached hydrogens (tertiary/aromatic N) is 3. The van der Waals surface area contributed by atoms with Gasteiger partial charge in [0.15, 0.2) is 0 Å². The Morgan fingerprint density at radius 3 is 3.15 bits per heavy atom. The number of nitrogen functional groups attached to an aromatic ring is 1. The van der Waals surface area contributed by atoms with E-state index in [1.165, 1.54) is 11.1 Å². The quantitative estimate of drug-likeness (QED) is 0.395. The van der Waals surface area contributed by atoms with Crippen LogP contribution in [0.15, 0.2) is 57.7 Å². The van der Waals surface area contributed by atoms with Crippen LogP contribution in [0, 0.1) is 0 Å². The summed E-state index contributed by atoms with van der Waals surface area (Å²) >= 11 is 0. The van der Waals surface area contributed by atoms with Crippen LogP contribution in [-0.4, -0.2) is 42.6 Å². The molecule has 2 aliphatic rings. The molecule has 0 radical (unpaired) electrons. The molecule has 0 spiro atoms. The fourth-order valence-corrected chi connectivity index (χ4v) is 2.75. The lowest BCUT2D eigenvalue weighted by Crippen LogP contribution is -2.16. The summed E-state index contributed by atoms with van der Waals surface area (Å²) in [4.78, 5) is 14.1. The van der Waals surface area contributed by atoms with E-state index in [1.54, 1.807) is 0 Å². The standard InChI is InChI=1S/C19H24N6O/c1-13(25-26-10-8-20)17-7-5-16(21)19(24-17)23-12-14-4-6-18-15(11-14)3-2-9-22-18/h2-5,7,9,11,18H,6,8,10,12,20-21H2,1H3,(H,23,24)/b25-13+. The van der Waals surface area contributed by atoms with Gasteiger partial charge in [0.05, 0.1) is 17.4 Å². The van der Waals surface area contributed by atoms with Gasteiger partial charge in [0.2, 0.25) is 0 Å². The van der Waals surface area contributed by atoms with Gasteiger partial charge in [-0.1, -0.05) is 23.4 Å². The molecule has 3 rings (SSSR count). The minimum atomic E-state index is 0.252. The molecule has 1 aliphatic heterocycles. The van der Waals surface area contributed by atoms with Crippen LogP contribution in [0.2, 0.25) is 0 Å². The van der Waals surface area contributed by atoms with Crippen LogP contribution >= 0.6 is 0 Å². The second kappa shape index (κ2) is 8.44. The first-order valence-electron chi connectivity index (χ1n) is 8.65. The van der Waals surface area contributed by atoms with Crippen LogP contribution in [0.5, 0.6) is 0 Å². The lowest BCUT2D eigenvalue weighted by atomic mass is 9.93. The third kappa shape index (κ3) is 4.37. The van der Waals surface area contributed by atoms with Gasteiger partial charge in [0.1, 0.15) is 18.1 Å². The van der Waals surface area contributed by atoms with E-state index in [1.807, 2.05) is 31.3 Å². The Bertz CT molecular complexity index is 806. The first-order chi connectivity index (χ1) is 12.7. The number of pyridine rings is 1. The number of nitrogens with one attached hydrogen (secondary N) is 1. The number of fused-ring (bicyclic) bond motifs is 1. The fraction of sp³-hybridized carbons (Fsp3) is 0.316. The number of aromatic nitrogens is 1. The molecule has 5 N–H and O–H groups in total. The maximum Gasteiger partial charge on any atom is 0.150 e. The maximum atomic E-state index is 6.06. The van der Waals surface area contributed by atoms with Crippen LogP contribution in [0.4, 0.5) is 11.5 Å². The van der Waals surface area contributed by atoms with Crippen molar-refractivity contribution in [2.45, 2.75) is 19.4 Å². The summed E-state index contributed by atoms with van der Waals surface area (Å²) in [7, 11) is 0. The molecule has 1 atom stereocenters. The van der Waals surface area contributed by atoms with Crippen molar-refractivity contribution in [1.82, 2.24) is 4.98 Å². The van der Waals surface area contributed by atoms with Crippen molar-refractivity contribution in [1.29, 1.82) is 0 Å². The fourth-order valence-electron chi connectivity index (χ4n) is 2.75. The number of anilines is 2. The van der Waals surface area contributed by atoms with Gasteiger partial charge in [-0.05, 0) is 42.7 Å². The third-order valence-electron chi connectivity index (χ3n) is 4.15. The molecule has 7 nitrogen and oxygen atoms in total. The number of nitrogens with two attached hydrogens (primary N) is 2. The molecule has 1 aromatic heterocycles. The molecular formula is C19H24N6O. The number of aliphatic imine (C=N–C) groups is 1. The molecule has 0 amide bonds. The Morgan fingerprint density at radius 1 is 1.42 bits per heavy atom. The van der Waals surface area contributed by atoms with Gasteiger partial charge >= 0.3 is 0 Å². The largest absolute Gasteiger partial charge is 0.396 e. The molecule has 26 heavy (non-hydrogen) atoms. The first-order valence-corrected chi connectivity index (χ1v) is 8.65. The molecule has 0 fully saturated rings. The van der Waals surface area contributed by atoms with Crippen molar-refractivity contribution >= 4 is 23.4 Å². The van der Waals surface area contributed by atoms with E-state index < -0.39 is 0 Å². The van der Waals surface area contributed by atoms with Gasteiger partial charge < -0.3 is 21.6 Å². The highest BCUT2D eigenvalue weighted by Gasteiger charge is 2.16. The average molecular weight is 352 g/mol. The predicted octanol–water partition coefficient (Wildman–Crippen LogP) is 2.04. The van der Waals surface area contributed by atoms with E-state index in [9.17, 15) is 0 Å². The average Bonchev–Trinajstić information content (AvgIpc) is 2.67. The zero-order valence-corrected chi connectivity index (χ0v) is 14.9. The van der Waals surface area contributed by atoms with Gasteiger partial charge in [-0.25, -0.2) is 4.98 Å². The predicted molar refractivity (Wildman–Crippen MR) is 107 cm³/mol. The Morgan fingerprint density at radius 2 is 2.31 bits per heavy atom. The summed E-state index contributed by atoms with van der Waals surface area (Å²) in [5.74, 6) is 0.634. The van der Waals surface area contributed by atoms with Crippen molar-refractivity contribution in [2.75, 3.05) is 30.7 Å². The molecule has 7 heteroatoms. The molecule has 1 aliphatic carbocycles. The van der Waals surface area contributed by atoms with E-state index >= 15 is 0 Å². The Labute approximate surface area is 153 Å². The first kappa shape index (κ1) is 17.9. The van der Waals surface area contributed by atoms with Crippen LogP contribution in [-0.2, 0) is 4.84 Å². The molecule has 0 aromatic carbocycles. The highest BCUT2D eigenvalue weighted by atomic mass is 16.6. The van der Waals surface area contributed by atoms with Crippen molar-refractivity contribution in [2.24, 2.45) is 15.9 Å². The normalized spacial score (nSPS) is 18.8. The molecule has 1 aromatic rings. The van der Waals surface area contributed by atoms with Crippen molar-refractivity contribution in [3.05, 3.63) is 53.3 Å². The van der Waals surface area contributed by atoms with Crippen molar-refractivity contribution in [3.8, 4) is 0 Å². The van der Waals surface area contributed by atoms with Crippen LogP contribution in [0.25, 0.3) is 0 Å². The van der Waals surface area contributed by atoms with Gasteiger partial charge in [-0.15, -0.1) is 0 Å². The minimum Gasteiger partial charge on any atom is -0.396 e. The summed E-state index contributed by atoms with van der Waals surface area (Å²) in [5.41, 5.74) is 15.9. The molecule has 0 saturated heterocycles. The minimum absolute atomic E-state index is 0.252. The molecule has 0 bridgehead atoms. The number of hydrogen-bond acceptors (Lipinski definition) is 7. The van der Waals surface area contributed by atoms with E-state index in [4.69, 9.17) is 16.3 Å². The van der Waals surface area contributed by atoms with Gasteiger partial charge in [-0.2, -0.15) is 0 Å². The summed E-state index contributed by atoms with van der Waals surface area (Å²) in [6, 6.07) is 3.89. The Balaban J connectivity index is 1.66. The van der Waals surface area contributed by atoms with Crippen molar-refractivity contribution < 1.29 is 4.84 Å². The number of allylic oxidation sites excluding steroid dienone is 1. The smallest absolute Gasteiger partial charge is 0.150 e. The van der Waals surface area contributed by atoms with E-state index in [2.05, 4.69) is 38.7 Å². The number of hydrogen-bond donors (Lipinski definition) is 3. The van der Waals surface area contributed by atoms with E-state index in [0.717, 1.165) is 6.42 Å². The number of oxime groups is 1. The zero-order chi connectivity index (χ0) is 18.4. The second-order valence-corrected chi connectivity index (χ2v) is 6.12.